The van der Waals surface area contributed by atoms with Crippen LogP contribution in [0.4, 0.5) is 0 Å². The number of thioether (sulfide) groups is 1. The van der Waals surface area contributed by atoms with E-state index in [4.69, 9.17) is 17.2 Å². The van der Waals surface area contributed by atoms with E-state index < -0.39 is 47.9 Å². The lowest BCUT2D eigenvalue weighted by Gasteiger charge is -2.36. The van der Waals surface area contributed by atoms with Crippen LogP contribution in [0.25, 0.3) is 0 Å². The Morgan fingerprint density at radius 3 is 2.00 bits per heavy atom. The Kier molecular flexibility index (Phi) is 9.96. The molecule has 26 heavy (non-hydrogen) atoms. The maximum absolute atomic E-state index is 12.7. The van der Waals surface area contributed by atoms with Crippen LogP contribution in [0.1, 0.15) is 26.7 Å². The zero-order valence-electron chi connectivity index (χ0n) is 15.2. The molecule has 0 aromatic rings. The number of carbonyl (C=O) groups excluding carboxylic acids is 3. The third kappa shape index (κ3) is 5.74. The molecule has 0 saturated carbocycles. The van der Waals surface area contributed by atoms with Gasteiger partial charge < -0.3 is 27.4 Å². The van der Waals surface area contributed by atoms with E-state index in [0.717, 1.165) is 0 Å². The highest BCUT2D eigenvalue weighted by molar-refractivity contribution is 7.98. The number of imide groups is 1. The third-order valence-electron chi connectivity index (χ3n) is 3.63. The molecule has 0 rings (SSSR count). The topological polar surface area (TPSA) is 190 Å². The first-order valence-corrected chi connectivity index (χ1v) is 9.41. The summed E-state index contributed by atoms with van der Waals surface area (Å²) in [4.78, 5) is 48.9. The quantitative estimate of drug-likeness (QED) is 0.196. The monoisotopic (exact) mass is 392 g/mol. The molecule has 0 radical (unpaired) electrons. The maximum Gasteiger partial charge on any atom is 0.366 e. The zero-order valence-corrected chi connectivity index (χ0v) is 16.0. The van der Waals surface area contributed by atoms with Crippen molar-refractivity contribution in [2.24, 2.45) is 23.1 Å². The Labute approximate surface area is 156 Å². The molecule has 0 aliphatic rings. The molecule has 10 nitrogen and oxygen atoms in total. The number of Topliss-reactive ketones (excluding diaryl/α,β-unsaturated/α-hetero) is 1. The number of carboxylic acids is 1. The lowest BCUT2D eigenvalue weighted by atomic mass is 9.99. The van der Waals surface area contributed by atoms with Crippen molar-refractivity contribution < 1.29 is 29.4 Å². The number of carboxylic acid groups (broad SMARTS) is 1. The number of aliphatic hydroxyl groups is 1. The Hall–Kier alpha value is -1.53. The Morgan fingerprint density at radius 2 is 1.62 bits per heavy atom. The van der Waals surface area contributed by atoms with Gasteiger partial charge in [-0.05, 0) is 30.8 Å². The molecule has 8 N–H and O–H groups in total. The summed E-state index contributed by atoms with van der Waals surface area (Å²) in [7, 11) is 0. The van der Waals surface area contributed by atoms with Crippen LogP contribution < -0.4 is 17.2 Å². The van der Waals surface area contributed by atoms with E-state index in [1.54, 1.807) is 20.1 Å². The predicted octanol–water partition coefficient (Wildman–Crippen LogP) is -1.90. The van der Waals surface area contributed by atoms with Crippen molar-refractivity contribution in [3.8, 4) is 0 Å². The number of nitrogens with two attached hydrogens (primary N) is 3. The summed E-state index contributed by atoms with van der Waals surface area (Å²) in [6.45, 7) is 2.62. The van der Waals surface area contributed by atoms with E-state index in [9.17, 15) is 29.4 Å². The number of ketones is 1. The fourth-order valence-electron chi connectivity index (χ4n) is 2.22. The molecule has 0 fully saturated rings. The molecule has 0 aliphatic carbocycles. The molecule has 0 spiro atoms. The number of amides is 2. The maximum atomic E-state index is 12.7. The molecule has 150 valence electrons. The number of hydrogen-bond acceptors (Lipinski definition) is 9. The van der Waals surface area contributed by atoms with E-state index in [-0.39, 0.29) is 23.7 Å². The smallest absolute Gasteiger partial charge is 0.366 e. The molecule has 3 unspecified atom stereocenters. The second kappa shape index (κ2) is 10.6. The average molecular weight is 392 g/mol. The minimum atomic E-state index is -3.46. The molecule has 0 heterocycles. The van der Waals surface area contributed by atoms with Crippen molar-refractivity contribution >= 4 is 35.3 Å². The molecule has 11 heteroatoms. The molecule has 0 bridgehead atoms. The average Bonchev–Trinajstić information content (AvgIpc) is 2.57. The van der Waals surface area contributed by atoms with Crippen molar-refractivity contribution in [1.29, 1.82) is 0 Å². The van der Waals surface area contributed by atoms with Crippen molar-refractivity contribution in [3.63, 3.8) is 0 Å². The van der Waals surface area contributed by atoms with Crippen LogP contribution >= 0.6 is 11.8 Å². The minimum absolute atomic E-state index is 0.0391. The van der Waals surface area contributed by atoms with E-state index in [1.807, 2.05) is 0 Å². The van der Waals surface area contributed by atoms with Gasteiger partial charge in [0.1, 0.15) is 0 Å². The van der Waals surface area contributed by atoms with Crippen LogP contribution in [0, 0.1) is 5.92 Å². The van der Waals surface area contributed by atoms with Gasteiger partial charge in [-0.2, -0.15) is 11.8 Å². The lowest BCUT2D eigenvalue weighted by molar-refractivity contribution is -0.196. The molecular formula is C15H28N4O6S. The molecule has 0 aromatic carbocycles. The van der Waals surface area contributed by atoms with Gasteiger partial charge in [0.05, 0.1) is 18.6 Å². The second-order valence-electron chi connectivity index (χ2n) is 6.24. The van der Waals surface area contributed by atoms with E-state index in [1.165, 1.54) is 11.8 Å². The number of aliphatic carboxylic acids is 1. The van der Waals surface area contributed by atoms with Crippen LogP contribution in [0.15, 0.2) is 0 Å². The third-order valence-corrected chi connectivity index (χ3v) is 4.27. The molecule has 0 aliphatic heterocycles. The van der Waals surface area contributed by atoms with Crippen molar-refractivity contribution in [3.05, 3.63) is 0 Å². The summed E-state index contributed by atoms with van der Waals surface area (Å²) in [5.74, 6) is -5.54. The number of nitrogens with zero attached hydrogens (tertiary/aromatic N) is 1. The first-order valence-electron chi connectivity index (χ1n) is 8.02. The highest BCUT2D eigenvalue weighted by Crippen LogP contribution is 2.20. The Morgan fingerprint density at radius 1 is 1.12 bits per heavy atom. The van der Waals surface area contributed by atoms with Crippen molar-refractivity contribution in [1.82, 2.24) is 4.90 Å². The molecule has 0 saturated heterocycles. The van der Waals surface area contributed by atoms with Crippen LogP contribution in [0.3, 0.4) is 0 Å². The standard InChI is InChI=1S/C15H28N4O6S/c1-8(2)6-10(18)13(22)19(12(21)9(17)4-5-26-3)15(25,14(23)24)11(20)7-16/h8-10,25H,4-7,16-18H2,1-3H3,(H,23,24). The first-order chi connectivity index (χ1) is 11.9. The van der Waals surface area contributed by atoms with Gasteiger partial charge >= 0.3 is 11.7 Å². The number of hydrogen-bond donors (Lipinski definition) is 5. The molecule has 3 atom stereocenters. The highest BCUT2D eigenvalue weighted by atomic mass is 32.2. The number of carbonyl (C=O) groups is 4. The van der Waals surface area contributed by atoms with Crippen molar-refractivity contribution in [2.45, 2.75) is 44.5 Å². The summed E-state index contributed by atoms with van der Waals surface area (Å²) < 4.78 is 0. The summed E-state index contributed by atoms with van der Waals surface area (Å²) in [5, 5.41) is 19.8. The summed E-state index contributed by atoms with van der Waals surface area (Å²) >= 11 is 1.38. The SMILES string of the molecule is CSCCC(N)C(=O)N(C(=O)C(N)CC(C)C)C(O)(C(=O)O)C(=O)CN. The summed E-state index contributed by atoms with van der Waals surface area (Å²) in [5.41, 5.74) is 13.2. The normalized spacial score (nSPS) is 15.8. The highest BCUT2D eigenvalue weighted by Gasteiger charge is 2.55. The lowest BCUT2D eigenvalue weighted by Crippen LogP contribution is -2.69. The van der Waals surface area contributed by atoms with Gasteiger partial charge in [-0.25, -0.2) is 9.69 Å². The molecule has 2 amide bonds. The Balaban J connectivity index is 6.09. The summed E-state index contributed by atoms with van der Waals surface area (Å²) in [6.07, 6.45) is 1.98. The first kappa shape index (κ1) is 24.5. The van der Waals surface area contributed by atoms with Crippen LogP contribution in [-0.2, 0) is 19.2 Å². The van der Waals surface area contributed by atoms with Gasteiger partial charge in [0.25, 0.3) is 0 Å². The Bertz CT molecular complexity index is 544. The van der Waals surface area contributed by atoms with E-state index in [0.29, 0.717) is 5.75 Å². The van der Waals surface area contributed by atoms with Gasteiger partial charge in [0, 0.05) is 0 Å². The summed E-state index contributed by atoms with van der Waals surface area (Å²) in [6, 6.07) is -2.60. The fourth-order valence-corrected chi connectivity index (χ4v) is 2.71. The molecule has 0 aromatic heterocycles. The predicted molar refractivity (Wildman–Crippen MR) is 96.9 cm³/mol. The van der Waals surface area contributed by atoms with Crippen molar-refractivity contribution in [2.75, 3.05) is 18.6 Å². The van der Waals surface area contributed by atoms with Crippen LogP contribution in [0.5, 0.6) is 0 Å². The van der Waals surface area contributed by atoms with Crippen LogP contribution in [0.2, 0.25) is 0 Å². The van der Waals surface area contributed by atoms with E-state index in [2.05, 4.69) is 0 Å². The van der Waals surface area contributed by atoms with Gasteiger partial charge in [-0.3, -0.25) is 14.4 Å². The number of rotatable bonds is 11. The zero-order chi connectivity index (χ0) is 20.7. The van der Waals surface area contributed by atoms with Gasteiger partial charge in [-0.1, -0.05) is 13.8 Å². The largest absolute Gasteiger partial charge is 0.477 e. The minimum Gasteiger partial charge on any atom is -0.477 e. The van der Waals surface area contributed by atoms with Gasteiger partial charge in [0.2, 0.25) is 17.6 Å². The van der Waals surface area contributed by atoms with Crippen LogP contribution in [-0.4, -0.2) is 75.0 Å². The molecular weight excluding hydrogens is 364 g/mol. The van der Waals surface area contributed by atoms with Gasteiger partial charge in [-0.15, -0.1) is 0 Å². The second-order valence-corrected chi connectivity index (χ2v) is 7.23. The fraction of sp³-hybridized carbons (Fsp3) is 0.733. The van der Waals surface area contributed by atoms with Gasteiger partial charge in [0.15, 0.2) is 0 Å². The van der Waals surface area contributed by atoms with E-state index >= 15 is 0 Å².